The first-order valence-electron chi connectivity index (χ1n) is 8.03. The van der Waals surface area contributed by atoms with Crippen molar-refractivity contribution in [2.24, 2.45) is 0 Å². The molecule has 0 saturated heterocycles. The second-order valence-electron chi connectivity index (χ2n) is 5.37. The van der Waals surface area contributed by atoms with Crippen molar-refractivity contribution in [3.8, 4) is 11.8 Å². The number of rotatable bonds is 8. The van der Waals surface area contributed by atoms with E-state index in [0.717, 1.165) is 30.4 Å². The fourth-order valence-corrected chi connectivity index (χ4v) is 2.23. The van der Waals surface area contributed by atoms with Gasteiger partial charge < -0.3 is 5.11 Å². The number of hydrogen-bond acceptors (Lipinski definition) is 1. The van der Waals surface area contributed by atoms with Gasteiger partial charge in [0, 0.05) is 12.0 Å². The molecule has 0 amide bonds. The molecule has 0 unspecified atom stereocenters. The number of unbranched alkanes of at least 4 members (excludes halogenated alkanes) is 5. The van der Waals surface area contributed by atoms with Crippen LogP contribution >= 0.6 is 0 Å². The lowest BCUT2D eigenvalue weighted by atomic mass is 10.0. The standard InChI is InChI=1S/C19H28O/c1-3-5-7-9-11-17-13-14-18(19(15-17)16-20)12-10-8-6-4-2/h13-15,20H,3-9,11,16H2,1-2H3. The van der Waals surface area contributed by atoms with E-state index in [1.54, 1.807) is 0 Å². The molecule has 0 spiro atoms. The lowest BCUT2D eigenvalue weighted by Crippen LogP contribution is -1.94. The Morgan fingerprint density at radius 1 is 1.00 bits per heavy atom. The number of aliphatic hydroxyl groups excluding tert-OH is 1. The van der Waals surface area contributed by atoms with Gasteiger partial charge in [-0.25, -0.2) is 0 Å². The highest BCUT2D eigenvalue weighted by Crippen LogP contribution is 2.14. The van der Waals surface area contributed by atoms with E-state index in [-0.39, 0.29) is 6.61 Å². The third-order valence-corrected chi connectivity index (χ3v) is 3.54. The van der Waals surface area contributed by atoms with Crippen LogP contribution in [0.1, 0.15) is 75.5 Å². The zero-order valence-corrected chi connectivity index (χ0v) is 13.0. The van der Waals surface area contributed by atoms with Crippen molar-refractivity contribution in [3.05, 3.63) is 34.9 Å². The zero-order chi connectivity index (χ0) is 14.6. The Morgan fingerprint density at radius 2 is 1.80 bits per heavy atom. The molecule has 1 heteroatoms. The van der Waals surface area contributed by atoms with Crippen molar-refractivity contribution in [3.63, 3.8) is 0 Å². The maximum Gasteiger partial charge on any atom is 0.0694 e. The van der Waals surface area contributed by atoms with Gasteiger partial charge in [-0.15, -0.1) is 0 Å². The van der Waals surface area contributed by atoms with E-state index >= 15 is 0 Å². The smallest absolute Gasteiger partial charge is 0.0694 e. The van der Waals surface area contributed by atoms with Gasteiger partial charge in [-0.2, -0.15) is 0 Å². The van der Waals surface area contributed by atoms with Gasteiger partial charge in [0.25, 0.3) is 0 Å². The Labute approximate surface area is 124 Å². The fraction of sp³-hybridized carbons (Fsp3) is 0.579. The second kappa shape index (κ2) is 10.5. The topological polar surface area (TPSA) is 20.2 Å². The van der Waals surface area contributed by atoms with E-state index in [1.165, 1.54) is 37.7 Å². The van der Waals surface area contributed by atoms with Gasteiger partial charge in [0.05, 0.1) is 6.61 Å². The lowest BCUT2D eigenvalue weighted by molar-refractivity contribution is 0.281. The van der Waals surface area contributed by atoms with Gasteiger partial charge in [-0.3, -0.25) is 0 Å². The average molecular weight is 272 g/mol. The zero-order valence-electron chi connectivity index (χ0n) is 13.0. The molecule has 1 rings (SSSR count). The highest BCUT2D eigenvalue weighted by molar-refractivity contribution is 5.43. The van der Waals surface area contributed by atoms with E-state index in [9.17, 15) is 5.11 Å². The van der Waals surface area contributed by atoms with Crippen LogP contribution in [-0.2, 0) is 13.0 Å². The van der Waals surface area contributed by atoms with Crippen LogP contribution in [0.25, 0.3) is 0 Å². The molecule has 1 aromatic rings. The molecule has 0 aromatic heterocycles. The molecule has 0 aliphatic rings. The summed E-state index contributed by atoms with van der Waals surface area (Å²) in [6, 6.07) is 6.35. The SMILES string of the molecule is CCCCC#Cc1ccc(CCCCCC)cc1CO. The first-order chi connectivity index (χ1) is 9.81. The summed E-state index contributed by atoms with van der Waals surface area (Å²) < 4.78 is 0. The molecule has 0 saturated carbocycles. The highest BCUT2D eigenvalue weighted by atomic mass is 16.3. The summed E-state index contributed by atoms with van der Waals surface area (Å²) in [4.78, 5) is 0. The summed E-state index contributed by atoms with van der Waals surface area (Å²) in [6.07, 6.45) is 9.50. The predicted molar refractivity (Wildman–Crippen MR) is 86.6 cm³/mol. The Kier molecular flexibility index (Phi) is 8.83. The van der Waals surface area contributed by atoms with Gasteiger partial charge in [-0.05, 0) is 36.5 Å². The molecule has 1 N–H and O–H groups in total. The summed E-state index contributed by atoms with van der Waals surface area (Å²) in [5.41, 5.74) is 3.28. The quantitative estimate of drug-likeness (QED) is 0.530. The molecule has 0 aliphatic heterocycles. The van der Waals surface area contributed by atoms with Crippen LogP contribution in [0.5, 0.6) is 0 Å². The molecule has 110 valence electrons. The van der Waals surface area contributed by atoms with E-state index in [0.29, 0.717) is 0 Å². The minimum atomic E-state index is 0.0839. The van der Waals surface area contributed by atoms with Gasteiger partial charge in [0.2, 0.25) is 0 Å². The monoisotopic (exact) mass is 272 g/mol. The lowest BCUT2D eigenvalue weighted by Gasteiger charge is -2.06. The van der Waals surface area contributed by atoms with E-state index in [1.807, 2.05) is 0 Å². The fourth-order valence-electron chi connectivity index (χ4n) is 2.23. The Bertz CT molecular complexity index is 437. The van der Waals surface area contributed by atoms with Gasteiger partial charge >= 0.3 is 0 Å². The van der Waals surface area contributed by atoms with Crippen molar-refractivity contribution >= 4 is 0 Å². The Balaban J connectivity index is 2.62. The number of hydrogen-bond donors (Lipinski definition) is 1. The molecule has 0 bridgehead atoms. The van der Waals surface area contributed by atoms with Gasteiger partial charge in [-0.1, -0.05) is 63.5 Å². The van der Waals surface area contributed by atoms with Crippen LogP contribution in [0.2, 0.25) is 0 Å². The minimum Gasteiger partial charge on any atom is -0.392 e. The van der Waals surface area contributed by atoms with Crippen molar-refractivity contribution in [1.82, 2.24) is 0 Å². The molecule has 1 nitrogen and oxygen atoms in total. The molecule has 1 aromatic carbocycles. The normalized spacial score (nSPS) is 10.2. The molecule has 0 radical (unpaired) electrons. The largest absolute Gasteiger partial charge is 0.392 e. The highest BCUT2D eigenvalue weighted by Gasteiger charge is 2.01. The van der Waals surface area contributed by atoms with Crippen LogP contribution in [0, 0.1) is 11.8 Å². The second-order valence-corrected chi connectivity index (χ2v) is 5.37. The third-order valence-electron chi connectivity index (χ3n) is 3.54. The Hall–Kier alpha value is -1.26. The van der Waals surface area contributed by atoms with Crippen molar-refractivity contribution in [2.45, 2.75) is 71.8 Å². The van der Waals surface area contributed by atoms with E-state index in [4.69, 9.17) is 0 Å². The summed E-state index contributed by atoms with van der Waals surface area (Å²) >= 11 is 0. The first kappa shape index (κ1) is 16.8. The third kappa shape index (κ3) is 6.26. The van der Waals surface area contributed by atoms with Crippen molar-refractivity contribution in [2.75, 3.05) is 0 Å². The minimum absolute atomic E-state index is 0.0839. The van der Waals surface area contributed by atoms with E-state index in [2.05, 4.69) is 43.9 Å². The predicted octanol–water partition coefficient (Wildman–Crippen LogP) is 4.84. The number of benzene rings is 1. The molecular formula is C19H28O. The molecule has 20 heavy (non-hydrogen) atoms. The van der Waals surface area contributed by atoms with Gasteiger partial charge in [0.1, 0.15) is 0 Å². The number of aliphatic hydroxyl groups is 1. The van der Waals surface area contributed by atoms with Crippen LogP contribution in [0.15, 0.2) is 18.2 Å². The van der Waals surface area contributed by atoms with Gasteiger partial charge in [0.15, 0.2) is 0 Å². The van der Waals surface area contributed by atoms with Crippen molar-refractivity contribution in [1.29, 1.82) is 0 Å². The van der Waals surface area contributed by atoms with Crippen LogP contribution in [-0.4, -0.2) is 5.11 Å². The average Bonchev–Trinajstić information content (AvgIpc) is 2.49. The molecule has 0 atom stereocenters. The summed E-state index contributed by atoms with van der Waals surface area (Å²) in [5, 5.41) is 9.49. The van der Waals surface area contributed by atoms with Crippen LogP contribution in [0.3, 0.4) is 0 Å². The summed E-state index contributed by atoms with van der Waals surface area (Å²) in [5.74, 6) is 6.39. The first-order valence-corrected chi connectivity index (χ1v) is 8.03. The maximum atomic E-state index is 9.49. The molecule has 0 heterocycles. The van der Waals surface area contributed by atoms with E-state index < -0.39 is 0 Å². The van der Waals surface area contributed by atoms with Crippen molar-refractivity contribution < 1.29 is 5.11 Å². The number of aryl methyl sites for hydroxylation is 1. The van der Waals surface area contributed by atoms with Crippen LogP contribution in [0.4, 0.5) is 0 Å². The van der Waals surface area contributed by atoms with Crippen LogP contribution < -0.4 is 0 Å². The molecular weight excluding hydrogens is 244 g/mol. The molecule has 0 aliphatic carbocycles. The maximum absolute atomic E-state index is 9.49. The Morgan fingerprint density at radius 3 is 2.50 bits per heavy atom. The summed E-state index contributed by atoms with van der Waals surface area (Å²) in [6.45, 7) is 4.49. The summed E-state index contributed by atoms with van der Waals surface area (Å²) in [7, 11) is 0. The molecule has 0 fully saturated rings.